The highest BCUT2D eigenvalue weighted by Crippen LogP contribution is 2.50. The topological polar surface area (TPSA) is 114 Å². The molecule has 4 aromatic rings. The van der Waals surface area contributed by atoms with Crippen LogP contribution in [0.2, 0.25) is 0 Å². The summed E-state index contributed by atoms with van der Waals surface area (Å²) < 4.78 is 25.2. The Labute approximate surface area is 200 Å². The number of benzene rings is 1. The van der Waals surface area contributed by atoms with Crippen LogP contribution in [0.3, 0.4) is 0 Å². The second kappa shape index (κ2) is 8.02. The number of hydrogen-bond acceptors (Lipinski definition) is 7. The van der Waals surface area contributed by atoms with Crippen molar-refractivity contribution >= 4 is 28.3 Å². The molecule has 0 radical (unpaired) electrons. The van der Waals surface area contributed by atoms with Crippen LogP contribution in [-0.2, 0) is 4.74 Å². The number of hydrogen-bond donors (Lipinski definition) is 3. The number of nitrogens with zero attached hydrogens (tertiary/aromatic N) is 3. The Morgan fingerprint density at radius 3 is 2.89 bits per heavy atom. The van der Waals surface area contributed by atoms with E-state index in [1.54, 1.807) is 31.6 Å². The summed E-state index contributed by atoms with van der Waals surface area (Å²) in [5, 5.41) is 6.33. The summed E-state index contributed by atoms with van der Waals surface area (Å²) >= 11 is 0. The Balaban J connectivity index is 1.59. The van der Waals surface area contributed by atoms with Gasteiger partial charge in [-0.3, -0.25) is 9.78 Å². The number of anilines is 2. The molecule has 1 saturated carbocycles. The first-order valence-electron chi connectivity index (χ1n) is 11.3. The number of fused-ring (bicyclic) bond motifs is 4. The Bertz CT molecular complexity index is 1490. The van der Waals surface area contributed by atoms with Gasteiger partial charge < -0.3 is 25.1 Å². The number of carbonyl (C=O) groups is 1. The summed E-state index contributed by atoms with van der Waals surface area (Å²) in [4.78, 5) is 30.1. The lowest BCUT2D eigenvalue weighted by Crippen LogP contribution is -2.31. The zero-order chi connectivity index (χ0) is 24.3. The van der Waals surface area contributed by atoms with Gasteiger partial charge in [-0.1, -0.05) is 6.07 Å². The van der Waals surface area contributed by atoms with E-state index in [0.717, 1.165) is 17.7 Å². The normalized spacial score (nSPS) is 19.0. The van der Waals surface area contributed by atoms with Crippen LogP contribution in [-0.4, -0.2) is 46.1 Å². The maximum Gasteiger partial charge on any atom is 0.255 e. The molecule has 35 heavy (non-hydrogen) atoms. The molecule has 6 rings (SSSR count). The molecule has 178 valence electrons. The van der Waals surface area contributed by atoms with Gasteiger partial charge in [-0.25, -0.2) is 14.4 Å². The first kappa shape index (κ1) is 21.5. The van der Waals surface area contributed by atoms with Crippen LogP contribution in [0.5, 0.6) is 5.75 Å². The van der Waals surface area contributed by atoms with Crippen molar-refractivity contribution in [3.05, 3.63) is 59.6 Å². The summed E-state index contributed by atoms with van der Waals surface area (Å²) in [6.45, 7) is 1.87. The Kier molecular flexibility index (Phi) is 4.92. The minimum atomic E-state index is -0.504. The Morgan fingerprint density at radius 1 is 1.23 bits per heavy atom. The first-order valence-corrected chi connectivity index (χ1v) is 11.3. The largest absolute Gasteiger partial charge is 0.492 e. The highest BCUT2D eigenvalue weighted by atomic mass is 19.1. The van der Waals surface area contributed by atoms with E-state index in [2.05, 4.69) is 25.6 Å². The molecule has 4 heterocycles. The summed E-state index contributed by atoms with van der Waals surface area (Å²) in [6, 6.07) is 6.58. The van der Waals surface area contributed by atoms with Crippen LogP contribution in [0.4, 0.5) is 15.8 Å². The third kappa shape index (κ3) is 3.40. The minimum Gasteiger partial charge on any atom is -0.492 e. The van der Waals surface area contributed by atoms with E-state index in [-0.39, 0.29) is 29.7 Å². The van der Waals surface area contributed by atoms with E-state index in [1.807, 2.05) is 13.0 Å². The predicted molar refractivity (Wildman–Crippen MR) is 127 cm³/mol. The molecule has 0 unspecified atom stereocenters. The maximum absolute atomic E-state index is 14.5. The van der Waals surface area contributed by atoms with Crippen molar-refractivity contribution in [2.45, 2.75) is 31.4 Å². The van der Waals surface area contributed by atoms with Crippen molar-refractivity contribution < 1.29 is 18.7 Å². The number of para-hydroxylation sites is 1. The van der Waals surface area contributed by atoms with Gasteiger partial charge in [0.15, 0.2) is 17.4 Å². The van der Waals surface area contributed by atoms with Gasteiger partial charge in [0.25, 0.3) is 5.91 Å². The fraction of sp³-hybridized carbons (Fsp3) is 0.280. The van der Waals surface area contributed by atoms with Crippen LogP contribution >= 0.6 is 0 Å². The average molecular weight is 474 g/mol. The molecule has 1 fully saturated rings. The fourth-order valence-corrected chi connectivity index (χ4v) is 4.68. The van der Waals surface area contributed by atoms with Gasteiger partial charge in [0.05, 0.1) is 35.9 Å². The Hall–Kier alpha value is -4.05. The quantitative estimate of drug-likeness (QED) is 0.383. The lowest BCUT2D eigenvalue weighted by Gasteiger charge is -2.17. The third-order valence-electron chi connectivity index (χ3n) is 6.65. The number of ether oxygens (including phenoxy) is 2. The van der Waals surface area contributed by atoms with E-state index >= 15 is 0 Å². The summed E-state index contributed by atoms with van der Waals surface area (Å²) in [6.07, 6.45) is 3.89. The highest BCUT2D eigenvalue weighted by molar-refractivity contribution is 6.09. The molecular formula is C25H23FN6O3. The molecular weight excluding hydrogens is 451 g/mol. The number of halogens is 1. The number of pyridine rings is 1. The van der Waals surface area contributed by atoms with Crippen molar-refractivity contribution in [3.8, 4) is 17.0 Å². The van der Waals surface area contributed by atoms with Crippen molar-refractivity contribution in [2.75, 3.05) is 19.5 Å². The van der Waals surface area contributed by atoms with Gasteiger partial charge in [0.2, 0.25) is 0 Å². The van der Waals surface area contributed by atoms with E-state index < -0.39 is 5.82 Å². The van der Waals surface area contributed by atoms with Crippen LogP contribution in [0.25, 0.3) is 22.3 Å². The molecule has 0 spiro atoms. The van der Waals surface area contributed by atoms with Gasteiger partial charge in [0.1, 0.15) is 17.1 Å². The number of nitrogens with one attached hydrogen (secondary N) is 3. The minimum absolute atomic E-state index is 0.0621. The zero-order valence-electron chi connectivity index (χ0n) is 19.3. The van der Waals surface area contributed by atoms with E-state index in [0.29, 0.717) is 39.5 Å². The molecule has 10 heteroatoms. The zero-order valence-corrected chi connectivity index (χ0v) is 19.3. The van der Waals surface area contributed by atoms with E-state index in [1.165, 1.54) is 13.2 Å². The molecule has 3 atom stereocenters. The number of rotatable bonds is 6. The number of amides is 1. The summed E-state index contributed by atoms with van der Waals surface area (Å²) in [5.74, 6) is 0.105. The van der Waals surface area contributed by atoms with Gasteiger partial charge in [-0.2, -0.15) is 0 Å². The van der Waals surface area contributed by atoms with E-state index in [9.17, 15) is 9.18 Å². The van der Waals surface area contributed by atoms with E-state index in [4.69, 9.17) is 14.5 Å². The van der Waals surface area contributed by atoms with Crippen LogP contribution in [0.1, 0.15) is 47.2 Å². The second-order valence-electron chi connectivity index (χ2n) is 8.73. The molecule has 3 N–H and O–H groups in total. The second-order valence-corrected chi connectivity index (χ2v) is 8.73. The molecule has 0 saturated heterocycles. The van der Waals surface area contributed by atoms with Crippen molar-refractivity contribution in [1.82, 2.24) is 25.3 Å². The molecule has 3 aromatic heterocycles. The molecule has 9 nitrogen and oxygen atoms in total. The number of aromatic amines is 1. The first-order chi connectivity index (χ1) is 17.0. The number of carbonyl (C=O) groups excluding carboxylic acids is 1. The molecule has 1 aromatic carbocycles. The number of aromatic nitrogens is 4. The SMILES string of the molecule is COc1c(F)cccc1Nc1c(-c2ccnc3cnc([C@H](C)OC)nc23)[nH]c2c1C(=O)N[C@@H]1C[C@H]21. The van der Waals surface area contributed by atoms with Crippen LogP contribution in [0.15, 0.2) is 36.7 Å². The summed E-state index contributed by atoms with van der Waals surface area (Å²) in [5.41, 5.74) is 4.91. The summed E-state index contributed by atoms with van der Waals surface area (Å²) in [7, 11) is 3.00. The molecule has 1 aliphatic heterocycles. The van der Waals surface area contributed by atoms with Gasteiger partial charge in [-0.05, 0) is 31.5 Å². The maximum atomic E-state index is 14.5. The lowest BCUT2D eigenvalue weighted by molar-refractivity contribution is 0.0944. The lowest BCUT2D eigenvalue weighted by atomic mass is 10.0. The Morgan fingerprint density at radius 2 is 2.09 bits per heavy atom. The van der Waals surface area contributed by atoms with Gasteiger partial charge >= 0.3 is 0 Å². The molecule has 1 amide bonds. The van der Waals surface area contributed by atoms with Gasteiger partial charge in [0, 0.05) is 36.5 Å². The number of methoxy groups -OCH3 is 2. The number of H-pyrrole nitrogens is 1. The van der Waals surface area contributed by atoms with Crippen molar-refractivity contribution in [2.24, 2.45) is 0 Å². The fourth-order valence-electron chi connectivity index (χ4n) is 4.68. The smallest absolute Gasteiger partial charge is 0.255 e. The molecule has 1 aliphatic carbocycles. The monoisotopic (exact) mass is 474 g/mol. The predicted octanol–water partition coefficient (Wildman–Crippen LogP) is 4.22. The third-order valence-corrected chi connectivity index (χ3v) is 6.65. The highest BCUT2D eigenvalue weighted by Gasteiger charge is 2.48. The molecule has 2 aliphatic rings. The van der Waals surface area contributed by atoms with Crippen LogP contribution in [0, 0.1) is 5.82 Å². The average Bonchev–Trinajstić information content (AvgIpc) is 3.55. The van der Waals surface area contributed by atoms with Crippen LogP contribution < -0.4 is 15.4 Å². The standard InChI is InChI=1S/C25H23FN6O3/c1-11(34-2)24-28-10-17-19(32-24)12(7-8-27-17)21-22(29-15-6-4-5-14(26)23(15)35-3)18-20(31-21)13-9-16(13)30-25(18)33/h4-8,10-11,13,16,29,31H,9H2,1-3H3,(H,30,33)/t11-,13-,16+/m0/s1. The van der Waals surface area contributed by atoms with Gasteiger partial charge in [-0.15, -0.1) is 0 Å². The van der Waals surface area contributed by atoms with Crippen molar-refractivity contribution in [3.63, 3.8) is 0 Å². The molecule has 0 bridgehead atoms. The van der Waals surface area contributed by atoms with Crippen molar-refractivity contribution in [1.29, 1.82) is 0 Å².